The number of pyridine rings is 1. The van der Waals surface area contributed by atoms with Crippen molar-refractivity contribution >= 4 is 22.8 Å². The van der Waals surface area contributed by atoms with Gasteiger partial charge in [0.1, 0.15) is 6.04 Å². The number of nitrogens with zero attached hydrogens (tertiary/aromatic N) is 1. The van der Waals surface area contributed by atoms with Crippen molar-refractivity contribution in [2.45, 2.75) is 26.3 Å². The quantitative estimate of drug-likeness (QED) is 0.862. The number of methoxy groups -OCH3 is 1. The van der Waals surface area contributed by atoms with Crippen molar-refractivity contribution in [1.29, 1.82) is 0 Å². The smallest absolute Gasteiger partial charge is 0.328 e. The van der Waals surface area contributed by atoms with Crippen LogP contribution in [0.5, 0.6) is 0 Å². The SMILES string of the molecule is COC(=O)[C@@H](CC(C)C)NC(=O)c1cccc2ncccc12. The van der Waals surface area contributed by atoms with Crippen LogP contribution >= 0.6 is 0 Å². The first-order chi connectivity index (χ1) is 10.5. The molecule has 2 rings (SSSR count). The number of aromatic nitrogens is 1. The fourth-order valence-electron chi connectivity index (χ4n) is 2.37. The molecule has 5 nitrogen and oxygen atoms in total. The molecule has 0 aliphatic rings. The van der Waals surface area contributed by atoms with Crippen LogP contribution in [0.4, 0.5) is 0 Å². The summed E-state index contributed by atoms with van der Waals surface area (Å²) in [7, 11) is 1.32. The molecule has 1 aromatic heterocycles. The van der Waals surface area contributed by atoms with Crippen LogP contribution in [-0.4, -0.2) is 30.0 Å². The van der Waals surface area contributed by atoms with Crippen molar-refractivity contribution < 1.29 is 14.3 Å². The van der Waals surface area contributed by atoms with E-state index in [1.165, 1.54) is 7.11 Å². The molecule has 0 aliphatic heterocycles. The average Bonchev–Trinajstić information content (AvgIpc) is 2.52. The Labute approximate surface area is 129 Å². The Morgan fingerprint density at radius 3 is 2.68 bits per heavy atom. The van der Waals surface area contributed by atoms with Gasteiger partial charge in [0.2, 0.25) is 0 Å². The van der Waals surface area contributed by atoms with Crippen LogP contribution in [0.25, 0.3) is 10.9 Å². The largest absolute Gasteiger partial charge is 0.467 e. The van der Waals surface area contributed by atoms with Crippen LogP contribution in [0.15, 0.2) is 36.5 Å². The molecule has 5 heteroatoms. The highest BCUT2D eigenvalue weighted by atomic mass is 16.5. The van der Waals surface area contributed by atoms with Gasteiger partial charge in [-0.15, -0.1) is 0 Å². The Hall–Kier alpha value is -2.43. The summed E-state index contributed by atoms with van der Waals surface area (Å²) < 4.78 is 4.77. The zero-order chi connectivity index (χ0) is 16.1. The second-order valence-electron chi connectivity index (χ2n) is 5.55. The van der Waals surface area contributed by atoms with Crippen molar-refractivity contribution in [2.24, 2.45) is 5.92 Å². The Kier molecular flexibility index (Phi) is 5.09. The summed E-state index contributed by atoms with van der Waals surface area (Å²) >= 11 is 0. The van der Waals surface area contributed by atoms with Crippen LogP contribution < -0.4 is 5.32 Å². The van der Waals surface area contributed by atoms with E-state index in [0.29, 0.717) is 12.0 Å². The number of nitrogens with one attached hydrogen (secondary N) is 1. The first-order valence-electron chi connectivity index (χ1n) is 7.25. The third-order valence-corrected chi connectivity index (χ3v) is 3.39. The number of ether oxygens (including phenoxy) is 1. The van der Waals surface area contributed by atoms with Gasteiger partial charge in [0.25, 0.3) is 5.91 Å². The molecule has 1 atom stereocenters. The summed E-state index contributed by atoms with van der Waals surface area (Å²) in [6.07, 6.45) is 2.21. The fourth-order valence-corrected chi connectivity index (χ4v) is 2.37. The molecule has 2 aromatic rings. The number of carbonyl (C=O) groups is 2. The van der Waals surface area contributed by atoms with E-state index in [1.54, 1.807) is 24.4 Å². The van der Waals surface area contributed by atoms with Crippen LogP contribution in [0.2, 0.25) is 0 Å². The molecular formula is C17H20N2O3. The van der Waals surface area contributed by atoms with Gasteiger partial charge in [0, 0.05) is 17.1 Å². The average molecular weight is 300 g/mol. The second kappa shape index (κ2) is 7.02. The number of rotatable bonds is 5. The maximum absolute atomic E-state index is 12.5. The molecule has 0 unspecified atom stereocenters. The lowest BCUT2D eigenvalue weighted by Gasteiger charge is -2.18. The van der Waals surface area contributed by atoms with Gasteiger partial charge in [-0.1, -0.05) is 26.0 Å². The van der Waals surface area contributed by atoms with Gasteiger partial charge in [-0.3, -0.25) is 9.78 Å². The summed E-state index contributed by atoms with van der Waals surface area (Å²) in [6.45, 7) is 3.98. The number of carbonyl (C=O) groups excluding carboxylic acids is 2. The third kappa shape index (κ3) is 3.61. The number of esters is 1. The molecule has 1 aromatic carbocycles. The minimum Gasteiger partial charge on any atom is -0.467 e. The van der Waals surface area contributed by atoms with Crippen LogP contribution in [0.1, 0.15) is 30.6 Å². The van der Waals surface area contributed by atoms with Gasteiger partial charge >= 0.3 is 5.97 Å². The molecule has 0 spiro atoms. The number of benzene rings is 1. The summed E-state index contributed by atoms with van der Waals surface area (Å²) in [5, 5.41) is 3.53. The standard InChI is InChI=1S/C17H20N2O3/c1-11(2)10-15(17(21)22-3)19-16(20)13-6-4-8-14-12(13)7-5-9-18-14/h4-9,11,15H,10H2,1-3H3,(H,19,20)/t15-/m1/s1. The van der Waals surface area contributed by atoms with E-state index in [4.69, 9.17) is 4.74 Å². The van der Waals surface area contributed by atoms with E-state index in [9.17, 15) is 9.59 Å². The molecule has 0 saturated heterocycles. The van der Waals surface area contributed by atoms with Gasteiger partial charge in [-0.2, -0.15) is 0 Å². The van der Waals surface area contributed by atoms with Crippen molar-refractivity contribution in [3.05, 3.63) is 42.1 Å². The zero-order valence-corrected chi connectivity index (χ0v) is 13.0. The molecule has 22 heavy (non-hydrogen) atoms. The molecule has 1 amide bonds. The predicted molar refractivity (Wildman–Crippen MR) is 84.5 cm³/mol. The van der Waals surface area contributed by atoms with Crippen molar-refractivity contribution in [3.8, 4) is 0 Å². The van der Waals surface area contributed by atoms with Crippen LogP contribution in [-0.2, 0) is 9.53 Å². The lowest BCUT2D eigenvalue weighted by molar-refractivity contribution is -0.143. The number of amides is 1. The van der Waals surface area contributed by atoms with E-state index in [1.807, 2.05) is 26.0 Å². The van der Waals surface area contributed by atoms with Gasteiger partial charge in [-0.05, 0) is 30.5 Å². The summed E-state index contributed by atoms with van der Waals surface area (Å²) in [5.41, 5.74) is 1.25. The number of hydrogen-bond acceptors (Lipinski definition) is 4. The van der Waals surface area contributed by atoms with E-state index in [-0.39, 0.29) is 11.8 Å². The Morgan fingerprint density at radius 2 is 2.00 bits per heavy atom. The molecule has 0 saturated carbocycles. The minimum absolute atomic E-state index is 0.263. The van der Waals surface area contributed by atoms with Crippen molar-refractivity contribution in [2.75, 3.05) is 7.11 Å². The Bertz CT molecular complexity index is 677. The lowest BCUT2D eigenvalue weighted by Crippen LogP contribution is -2.42. The topological polar surface area (TPSA) is 68.3 Å². The lowest BCUT2D eigenvalue weighted by atomic mass is 10.0. The molecule has 0 bridgehead atoms. The first-order valence-corrected chi connectivity index (χ1v) is 7.25. The molecule has 0 aliphatic carbocycles. The normalized spacial score (nSPS) is 12.2. The number of fused-ring (bicyclic) bond motifs is 1. The third-order valence-electron chi connectivity index (χ3n) is 3.39. The van der Waals surface area contributed by atoms with Crippen molar-refractivity contribution in [3.63, 3.8) is 0 Å². The highest BCUT2D eigenvalue weighted by molar-refractivity contribution is 6.07. The molecule has 1 N–H and O–H groups in total. The predicted octanol–water partition coefficient (Wildman–Crippen LogP) is 2.55. The maximum Gasteiger partial charge on any atom is 0.328 e. The second-order valence-corrected chi connectivity index (χ2v) is 5.55. The van der Waals surface area contributed by atoms with Gasteiger partial charge < -0.3 is 10.1 Å². The highest BCUT2D eigenvalue weighted by Crippen LogP contribution is 2.17. The molecular weight excluding hydrogens is 280 g/mol. The summed E-state index contributed by atoms with van der Waals surface area (Å²) in [6, 6.07) is 8.32. The molecule has 1 heterocycles. The van der Waals surface area contributed by atoms with E-state index < -0.39 is 12.0 Å². The van der Waals surface area contributed by atoms with Crippen molar-refractivity contribution in [1.82, 2.24) is 10.3 Å². The molecule has 0 fully saturated rings. The fraction of sp³-hybridized carbons (Fsp3) is 0.353. The van der Waals surface area contributed by atoms with E-state index in [0.717, 1.165) is 10.9 Å². The van der Waals surface area contributed by atoms with Gasteiger partial charge in [-0.25, -0.2) is 4.79 Å². The Morgan fingerprint density at radius 1 is 1.23 bits per heavy atom. The zero-order valence-electron chi connectivity index (χ0n) is 13.0. The molecule has 116 valence electrons. The summed E-state index contributed by atoms with van der Waals surface area (Å²) in [5.74, 6) is -0.464. The summed E-state index contributed by atoms with van der Waals surface area (Å²) in [4.78, 5) is 28.6. The minimum atomic E-state index is -0.649. The number of hydrogen-bond donors (Lipinski definition) is 1. The van der Waals surface area contributed by atoms with E-state index in [2.05, 4.69) is 10.3 Å². The Balaban J connectivity index is 2.27. The molecule has 0 radical (unpaired) electrons. The highest BCUT2D eigenvalue weighted by Gasteiger charge is 2.23. The van der Waals surface area contributed by atoms with Crippen LogP contribution in [0.3, 0.4) is 0 Å². The van der Waals surface area contributed by atoms with Gasteiger partial charge in [0.15, 0.2) is 0 Å². The van der Waals surface area contributed by atoms with E-state index >= 15 is 0 Å². The van der Waals surface area contributed by atoms with Gasteiger partial charge in [0.05, 0.1) is 12.6 Å². The monoisotopic (exact) mass is 300 g/mol. The van der Waals surface area contributed by atoms with Crippen LogP contribution in [0, 0.1) is 5.92 Å². The first kappa shape index (κ1) is 15.9. The maximum atomic E-state index is 12.5.